The number of hydrogen-bond acceptors (Lipinski definition) is 5. The molecule has 0 spiro atoms. The van der Waals surface area contributed by atoms with Gasteiger partial charge in [-0.05, 0) is 103 Å². The Labute approximate surface area is 241 Å². The first-order valence-electron chi connectivity index (χ1n) is 15.7. The molecule has 3 fully saturated rings. The molecule has 4 aliphatic rings. The first kappa shape index (κ1) is 30.5. The summed E-state index contributed by atoms with van der Waals surface area (Å²) in [6, 6.07) is 2.04. The molecule has 4 aliphatic carbocycles. The molecule has 0 aromatic carbocycles. The maximum absolute atomic E-state index is 12.5. The minimum Gasteiger partial charge on any atom is -0.462 e. The van der Waals surface area contributed by atoms with Gasteiger partial charge in [0.1, 0.15) is 12.5 Å². The summed E-state index contributed by atoms with van der Waals surface area (Å²) in [6.07, 6.45) is 16.2. The summed E-state index contributed by atoms with van der Waals surface area (Å²) in [5, 5.41) is 8.59. The predicted molar refractivity (Wildman–Crippen MR) is 158 cm³/mol. The normalized spacial score (nSPS) is 36.1. The number of hydrogen-bond donors (Lipinski definition) is 1. The van der Waals surface area contributed by atoms with Crippen LogP contribution in [0.3, 0.4) is 0 Å². The molecule has 0 aliphatic heterocycles. The maximum atomic E-state index is 12.5. The molecule has 39 heavy (non-hydrogen) atoms. The van der Waals surface area contributed by atoms with Gasteiger partial charge in [-0.15, -0.1) is 0 Å². The van der Waals surface area contributed by atoms with Crippen LogP contribution in [0.15, 0.2) is 11.6 Å². The van der Waals surface area contributed by atoms with E-state index in [0.29, 0.717) is 17.6 Å². The zero-order valence-corrected chi connectivity index (χ0v) is 25.9. The predicted octanol–water partition coefficient (Wildman–Crippen LogP) is 8.01. The monoisotopic (exact) mass is 556 g/mol. The van der Waals surface area contributed by atoms with Crippen LogP contribution in [0.25, 0.3) is 0 Å². The number of esters is 1. The lowest BCUT2D eigenvalue weighted by molar-refractivity contribution is -0.153. The van der Waals surface area contributed by atoms with E-state index in [9.17, 15) is 9.59 Å². The van der Waals surface area contributed by atoms with Crippen molar-refractivity contribution in [2.45, 2.75) is 124 Å². The molecule has 0 saturated heterocycles. The quantitative estimate of drug-likeness (QED) is 0.0917. The van der Waals surface area contributed by atoms with Crippen LogP contribution in [-0.4, -0.2) is 23.7 Å². The Morgan fingerprint density at radius 3 is 2.67 bits per heavy atom. The van der Waals surface area contributed by atoms with E-state index in [1.165, 1.54) is 68.9 Å². The van der Waals surface area contributed by atoms with Gasteiger partial charge in [-0.1, -0.05) is 65.5 Å². The van der Waals surface area contributed by atoms with Gasteiger partial charge in [0.15, 0.2) is 0 Å². The van der Waals surface area contributed by atoms with Crippen LogP contribution in [-0.2, 0) is 14.3 Å². The van der Waals surface area contributed by atoms with Gasteiger partial charge in [-0.3, -0.25) is 14.3 Å². The van der Waals surface area contributed by atoms with Crippen LogP contribution in [0.4, 0.5) is 0 Å². The summed E-state index contributed by atoms with van der Waals surface area (Å²) in [5.41, 5.74) is 2.23. The smallest absolute Gasteiger partial charge is 0.315 e. The van der Waals surface area contributed by atoms with Crippen molar-refractivity contribution < 1.29 is 14.3 Å². The van der Waals surface area contributed by atoms with Crippen LogP contribution in [0.1, 0.15) is 118 Å². The number of rotatable bonds is 11. The fourth-order valence-electron chi connectivity index (χ4n) is 9.38. The van der Waals surface area contributed by atoms with Crippen molar-refractivity contribution in [3.05, 3.63) is 11.6 Å². The number of carbonyl (C=O) groups is 2. The van der Waals surface area contributed by atoms with E-state index in [1.807, 2.05) is 6.07 Å². The second-order valence-corrected chi connectivity index (χ2v) is 15.0. The molecule has 0 aromatic rings. The summed E-state index contributed by atoms with van der Waals surface area (Å²) < 4.78 is 8.42. The highest BCUT2D eigenvalue weighted by Gasteiger charge is 2.59. The summed E-state index contributed by atoms with van der Waals surface area (Å²) in [7, 11) is 0. The molecule has 1 N–H and O–H groups in total. The van der Waals surface area contributed by atoms with Gasteiger partial charge in [-0.25, -0.2) is 0 Å². The van der Waals surface area contributed by atoms with E-state index in [-0.39, 0.29) is 23.8 Å². The topological polar surface area (TPSA) is 79.2 Å². The standard InChI is InChI=1S/C33H52N2O3S/c1-22(2)8-6-9-23(3)27-12-13-28-26-11-10-24-20-25(38-31(37)21-30(36)35-39-19-7-18-34)14-16-32(24,4)29(26)15-17-33(27,28)5/h10,22-23,25-29H,6-9,11-17,19-21H2,1-5H3,(H,35,36)/t23-,25+,26+,27-,28+,29+,32+,33-/m1/s1. The molecule has 1 amide bonds. The number of carbonyl (C=O) groups excluding carboxylic acids is 2. The fourth-order valence-corrected chi connectivity index (χ4v) is 9.90. The second-order valence-electron chi connectivity index (χ2n) is 14.1. The van der Waals surface area contributed by atoms with E-state index < -0.39 is 5.97 Å². The zero-order valence-electron chi connectivity index (χ0n) is 25.1. The minimum atomic E-state index is -0.441. The number of allylic oxidation sites excluding steroid dienone is 1. The largest absolute Gasteiger partial charge is 0.462 e. The lowest BCUT2D eigenvalue weighted by Crippen LogP contribution is -2.51. The first-order chi connectivity index (χ1) is 18.6. The Balaban J connectivity index is 1.33. The third kappa shape index (κ3) is 6.71. The van der Waals surface area contributed by atoms with Gasteiger partial charge < -0.3 is 4.74 Å². The average molecular weight is 557 g/mol. The van der Waals surface area contributed by atoms with E-state index in [0.717, 1.165) is 54.8 Å². The average Bonchev–Trinajstić information content (AvgIpc) is 3.24. The highest BCUT2D eigenvalue weighted by Crippen LogP contribution is 2.67. The van der Waals surface area contributed by atoms with Crippen LogP contribution in [0.5, 0.6) is 0 Å². The van der Waals surface area contributed by atoms with E-state index in [4.69, 9.17) is 10.00 Å². The number of nitrogens with zero attached hydrogens (tertiary/aromatic N) is 1. The van der Waals surface area contributed by atoms with Crippen LogP contribution in [0.2, 0.25) is 0 Å². The molecule has 6 heteroatoms. The Morgan fingerprint density at radius 1 is 1.13 bits per heavy atom. The van der Waals surface area contributed by atoms with Crippen molar-refractivity contribution in [1.82, 2.24) is 4.72 Å². The van der Waals surface area contributed by atoms with Crippen molar-refractivity contribution in [2.75, 3.05) is 5.75 Å². The summed E-state index contributed by atoms with van der Waals surface area (Å²) >= 11 is 1.17. The Morgan fingerprint density at radius 2 is 1.92 bits per heavy atom. The van der Waals surface area contributed by atoms with Gasteiger partial charge >= 0.3 is 5.97 Å². The highest BCUT2D eigenvalue weighted by atomic mass is 32.2. The fraction of sp³-hybridized carbons (Fsp3) is 0.848. The second kappa shape index (κ2) is 13.0. The zero-order chi connectivity index (χ0) is 28.2. The Bertz CT molecular complexity index is 957. The number of amides is 1. The molecule has 4 rings (SSSR count). The molecule has 0 unspecified atom stereocenters. The molecule has 218 valence electrons. The Hall–Kier alpha value is -1.48. The van der Waals surface area contributed by atoms with E-state index >= 15 is 0 Å². The van der Waals surface area contributed by atoms with Crippen LogP contribution in [0, 0.1) is 57.7 Å². The molecule has 5 nitrogen and oxygen atoms in total. The SMILES string of the molecule is CC(C)CCC[C@@H](C)[C@H]1CC[C@H]2[C@@H]3CC=C4C[C@@H](OC(=O)CC(=O)NSCCC#N)CC[C@]4(C)[C@H]3CC[C@]12C. The van der Waals surface area contributed by atoms with Crippen LogP contribution >= 0.6 is 11.9 Å². The minimum absolute atomic E-state index is 0.121. The third-order valence-corrected chi connectivity index (χ3v) is 12.1. The number of fused-ring (bicyclic) bond motifs is 5. The number of nitriles is 1. The number of ether oxygens (including phenoxy) is 1. The van der Waals surface area contributed by atoms with Crippen molar-refractivity contribution in [2.24, 2.45) is 46.3 Å². The summed E-state index contributed by atoms with van der Waals surface area (Å²) in [6.45, 7) is 12.4. The maximum Gasteiger partial charge on any atom is 0.315 e. The van der Waals surface area contributed by atoms with Crippen molar-refractivity contribution in [1.29, 1.82) is 5.26 Å². The first-order valence-corrected chi connectivity index (χ1v) is 16.7. The lowest BCUT2D eigenvalue weighted by Gasteiger charge is -2.58. The molecule has 8 atom stereocenters. The van der Waals surface area contributed by atoms with E-state index in [2.05, 4.69) is 45.4 Å². The molecule has 0 bridgehead atoms. The molecule has 0 radical (unpaired) electrons. The van der Waals surface area contributed by atoms with Crippen molar-refractivity contribution >= 4 is 23.8 Å². The van der Waals surface area contributed by atoms with Gasteiger partial charge in [0.2, 0.25) is 5.91 Å². The summed E-state index contributed by atoms with van der Waals surface area (Å²) in [5.74, 6) is 4.66. The van der Waals surface area contributed by atoms with Crippen molar-refractivity contribution in [3.63, 3.8) is 0 Å². The Kier molecular flexibility index (Phi) is 10.2. The van der Waals surface area contributed by atoms with E-state index in [1.54, 1.807) is 0 Å². The molecule has 0 aromatic heterocycles. The summed E-state index contributed by atoms with van der Waals surface area (Å²) in [4.78, 5) is 24.5. The van der Waals surface area contributed by atoms with Gasteiger partial charge in [0, 0.05) is 18.6 Å². The lowest BCUT2D eigenvalue weighted by atomic mass is 9.47. The molecular weight excluding hydrogens is 504 g/mol. The van der Waals surface area contributed by atoms with Gasteiger partial charge in [0.25, 0.3) is 0 Å². The highest BCUT2D eigenvalue weighted by molar-refractivity contribution is 7.97. The van der Waals surface area contributed by atoms with Gasteiger partial charge in [-0.2, -0.15) is 5.26 Å². The molecule has 3 saturated carbocycles. The third-order valence-electron chi connectivity index (χ3n) is 11.4. The van der Waals surface area contributed by atoms with Gasteiger partial charge in [0.05, 0.1) is 6.07 Å². The molecule has 0 heterocycles. The van der Waals surface area contributed by atoms with Crippen molar-refractivity contribution in [3.8, 4) is 6.07 Å². The molecular formula is C33H52N2O3S. The number of nitrogens with one attached hydrogen (secondary N) is 1. The van der Waals surface area contributed by atoms with Crippen LogP contribution < -0.4 is 4.72 Å².